The number of rotatable bonds is 2. The molecule has 0 aliphatic carbocycles. The van der Waals surface area contributed by atoms with E-state index in [1.54, 1.807) is 12.1 Å². The summed E-state index contributed by atoms with van der Waals surface area (Å²) in [7, 11) is 0. The lowest BCUT2D eigenvalue weighted by molar-refractivity contribution is -0.120. The van der Waals surface area contributed by atoms with Crippen LogP contribution in [0.3, 0.4) is 0 Å². The second-order valence-corrected chi connectivity index (χ2v) is 3.39. The zero-order valence-electron chi connectivity index (χ0n) is 9.72. The average molecular weight is 264 g/mol. The van der Waals surface area contributed by atoms with E-state index in [1.165, 1.54) is 24.3 Å². The molecule has 2 aromatic carbocycles. The molecular weight excluding hydrogens is 252 g/mol. The van der Waals surface area contributed by atoms with Crippen molar-refractivity contribution in [1.29, 1.82) is 0 Å². The highest BCUT2D eigenvalue weighted by atomic mass is 16.5. The SMILES string of the molecule is O=COc1cc(O)cc(O)c1.Oc1ccccc1O. The van der Waals surface area contributed by atoms with E-state index in [0.29, 0.717) is 0 Å². The zero-order valence-corrected chi connectivity index (χ0v) is 9.72. The van der Waals surface area contributed by atoms with Crippen LogP contribution in [0.25, 0.3) is 0 Å². The van der Waals surface area contributed by atoms with E-state index in [2.05, 4.69) is 4.74 Å². The predicted molar refractivity (Wildman–Crippen MR) is 66.2 cm³/mol. The van der Waals surface area contributed by atoms with Crippen molar-refractivity contribution in [3.63, 3.8) is 0 Å². The van der Waals surface area contributed by atoms with Crippen LogP contribution < -0.4 is 4.74 Å². The fourth-order valence-corrected chi connectivity index (χ4v) is 1.16. The first kappa shape index (κ1) is 14.2. The third-order valence-electron chi connectivity index (χ3n) is 1.94. The summed E-state index contributed by atoms with van der Waals surface area (Å²) < 4.78 is 4.37. The standard InChI is InChI=1S/C7H6O4.C6H6O2/c8-4-11-7-2-5(9)1-6(10)3-7;7-5-3-1-2-4-6(5)8/h1-4,9-10H;1-4,7-8H. The second kappa shape index (κ2) is 6.75. The zero-order chi connectivity index (χ0) is 14.3. The van der Waals surface area contributed by atoms with Gasteiger partial charge in [-0.05, 0) is 12.1 Å². The maximum atomic E-state index is 9.81. The molecule has 0 saturated carbocycles. The lowest BCUT2D eigenvalue weighted by Gasteiger charge is -1.98. The van der Waals surface area contributed by atoms with E-state index in [9.17, 15) is 4.79 Å². The summed E-state index contributed by atoms with van der Waals surface area (Å²) in [6.07, 6.45) is 0. The Kier molecular flexibility index (Phi) is 5.04. The maximum Gasteiger partial charge on any atom is 0.298 e. The number of benzene rings is 2. The van der Waals surface area contributed by atoms with E-state index in [0.717, 1.165) is 6.07 Å². The summed E-state index contributed by atoms with van der Waals surface area (Å²) in [5, 5.41) is 35.1. The topological polar surface area (TPSA) is 107 Å². The summed E-state index contributed by atoms with van der Waals surface area (Å²) in [6, 6.07) is 9.72. The van der Waals surface area contributed by atoms with Crippen molar-refractivity contribution >= 4 is 6.47 Å². The van der Waals surface area contributed by atoms with Gasteiger partial charge in [0.05, 0.1) is 0 Å². The quantitative estimate of drug-likeness (QED) is 0.486. The summed E-state index contributed by atoms with van der Waals surface area (Å²) in [5.74, 6) is -0.346. The van der Waals surface area contributed by atoms with Crippen LogP contribution in [0.1, 0.15) is 0 Å². The van der Waals surface area contributed by atoms with Crippen LogP contribution >= 0.6 is 0 Å². The van der Waals surface area contributed by atoms with Gasteiger partial charge >= 0.3 is 0 Å². The molecule has 0 atom stereocenters. The molecule has 2 rings (SSSR count). The van der Waals surface area contributed by atoms with Crippen molar-refractivity contribution in [3.05, 3.63) is 42.5 Å². The molecule has 0 heterocycles. The van der Waals surface area contributed by atoms with Crippen molar-refractivity contribution in [2.75, 3.05) is 0 Å². The van der Waals surface area contributed by atoms with Crippen LogP contribution in [0.2, 0.25) is 0 Å². The smallest absolute Gasteiger partial charge is 0.298 e. The van der Waals surface area contributed by atoms with Gasteiger partial charge in [-0.2, -0.15) is 0 Å². The number of phenolic OH excluding ortho intramolecular Hbond substituents is 4. The van der Waals surface area contributed by atoms with Gasteiger partial charge in [0.1, 0.15) is 17.2 Å². The van der Waals surface area contributed by atoms with Crippen LogP contribution in [0.4, 0.5) is 0 Å². The summed E-state index contributed by atoms with van der Waals surface area (Å²) in [4.78, 5) is 9.81. The molecule has 0 aliphatic heterocycles. The first-order valence-electron chi connectivity index (χ1n) is 5.13. The van der Waals surface area contributed by atoms with Gasteiger partial charge in [-0.25, -0.2) is 0 Å². The molecule has 0 bridgehead atoms. The fraction of sp³-hybridized carbons (Fsp3) is 0. The number of carbonyl (C=O) groups excluding carboxylic acids is 1. The summed E-state index contributed by atoms with van der Waals surface area (Å²) >= 11 is 0. The highest BCUT2D eigenvalue weighted by Crippen LogP contribution is 2.25. The number of carbonyl (C=O) groups is 1. The third kappa shape index (κ3) is 4.86. The van der Waals surface area contributed by atoms with Gasteiger partial charge < -0.3 is 25.2 Å². The monoisotopic (exact) mass is 264 g/mol. The molecule has 0 unspecified atom stereocenters. The molecule has 0 aliphatic rings. The summed E-state index contributed by atoms with van der Waals surface area (Å²) in [6.45, 7) is 0.216. The summed E-state index contributed by atoms with van der Waals surface area (Å²) in [5.41, 5.74) is 0. The van der Waals surface area contributed by atoms with Crippen LogP contribution in [-0.2, 0) is 4.79 Å². The lowest BCUT2D eigenvalue weighted by Crippen LogP contribution is -1.87. The van der Waals surface area contributed by atoms with E-state index < -0.39 is 0 Å². The predicted octanol–water partition coefficient (Wildman–Crippen LogP) is 1.73. The first-order valence-corrected chi connectivity index (χ1v) is 5.13. The van der Waals surface area contributed by atoms with E-state index in [1.807, 2.05) is 0 Å². The van der Waals surface area contributed by atoms with Crippen LogP contribution in [0, 0.1) is 0 Å². The normalized spacial score (nSPS) is 9.05. The Balaban J connectivity index is 0.000000200. The van der Waals surface area contributed by atoms with Gasteiger partial charge in [0.25, 0.3) is 6.47 Å². The molecule has 4 N–H and O–H groups in total. The van der Waals surface area contributed by atoms with Gasteiger partial charge in [-0.1, -0.05) is 12.1 Å². The number of hydrogen-bond donors (Lipinski definition) is 4. The third-order valence-corrected chi connectivity index (χ3v) is 1.94. The number of ether oxygens (including phenoxy) is 1. The second-order valence-electron chi connectivity index (χ2n) is 3.39. The molecule has 0 amide bonds. The minimum atomic E-state index is -0.151. The molecule has 0 aromatic heterocycles. The Morgan fingerprint density at radius 1 is 0.842 bits per heavy atom. The molecule has 0 radical (unpaired) electrons. The molecule has 6 nitrogen and oxygen atoms in total. The molecular formula is C13H12O6. The van der Waals surface area contributed by atoms with Crippen molar-refractivity contribution in [3.8, 4) is 28.7 Å². The lowest BCUT2D eigenvalue weighted by atomic mass is 10.3. The average Bonchev–Trinajstić information content (AvgIpc) is 2.33. The Labute approximate surface area is 108 Å². The molecule has 0 saturated heterocycles. The molecule has 100 valence electrons. The number of phenols is 4. The molecule has 0 fully saturated rings. The largest absolute Gasteiger partial charge is 0.508 e. The molecule has 6 heteroatoms. The molecule has 0 spiro atoms. The van der Waals surface area contributed by atoms with Crippen LogP contribution in [0.15, 0.2) is 42.5 Å². The van der Waals surface area contributed by atoms with E-state index in [4.69, 9.17) is 20.4 Å². The minimum absolute atomic E-state index is 0.0764. The molecule has 19 heavy (non-hydrogen) atoms. The van der Waals surface area contributed by atoms with Gasteiger partial charge in [0.2, 0.25) is 0 Å². The van der Waals surface area contributed by atoms with Crippen LogP contribution in [-0.4, -0.2) is 26.9 Å². The van der Waals surface area contributed by atoms with Crippen molar-refractivity contribution in [2.24, 2.45) is 0 Å². The van der Waals surface area contributed by atoms with Gasteiger partial charge in [-0.15, -0.1) is 0 Å². The Morgan fingerprint density at radius 3 is 1.68 bits per heavy atom. The Morgan fingerprint density at radius 2 is 1.32 bits per heavy atom. The minimum Gasteiger partial charge on any atom is -0.508 e. The first-order chi connectivity index (χ1) is 9.02. The van der Waals surface area contributed by atoms with Gasteiger partial charge in [0.15, 0.2) is 11.5 Å². The maximum absolute atomic E-state index is 9.81. The highest BCUT2D eigenvalue weighted by molar-refractivity contribution is 5.49. The fourth-order valence-electron chi connectivity index (χ4n) is 1.16. The van der Waals surface area contributed by atoms with Crippen molar-refractivity contribution < 1.29 is 30.0 Å². The van der Waals surface area contributed by atoms with E-state index in [-0.39, 0.29) is 35.2 Å². The Hall–Kier alpha value is -2.89. The van der Waals surface area contributed by atoms with Gasteiger partial charge in [0, 0.05) is 18.2 Å². The van der Waals surface area contributed by atoms with Crippen molar-refractivity contribution in [1.82, 2.24) is 0 Å². The van der Waals surface area contributed by atoms with Gasteiger partial charge in [-0.3, -0.25) is 4.79 Å². The van der Waals surface area contributed by atoms with Crippen LogP contribution in [0.5, 0.6) is 28.7 Å². The molecule has 2 aromatic rings. The highest BCUT2D eigenvalue weighted by Gasteiger charge is 1.98. The van der Waals surface area contributed by atoms with E-state index >= 15 is 0 Å². The number of hydrogen-bond acceptors (Lipinski definition) is 6. The number of para-hydroxylation sites is 2. The van der Waals surface area contributed by atoms with Crippen molar-refractivity contribution in [2.45, 2.75) is 0 Å². The number of aromatic hydroxyl groups is 4. The Bertz CT molecular complexity index is 511.